The Kier molecular flexibility index (Phi) is 8.55. The van der Waals surface area contributed by atoms with E-state index in [-0.39, 0.29) is 17.3 Å². The minimum Gasteiger partial charge on any atom is -0.495 e. The fraction of sp³-hybridized carbons (Fsp3) is 0.400. The number of anilines is 1. The molecular formula is C25H30N6O4S. The minimum absolute atomic E-state index is 0.128. The summed E-state index contributed by atoms with van der Waals surface area (Å²) in [5.74, 6) is 0.907. The molecule has 1 unspecified atom stereocenters. The Bertz CT molecular complexity index is 1200. The third kappa shape index (κ3) is 6.41. The average molecular weight is 511 g/mol. The van der Waals surface area contributed by atoms with Crippen LogP contribution in [0.5, 0.6) is 5.75 Å². The molecule has 1 aromatic heterocycles. The van der Waals surface area contributed by atoms with Crippen molar-refractivity contribution in [2.45, 2.75) is 49.7 Å². The van der Waals surface area contributed by atoms with Gasteiger partial charge in [0.25, 0.3) is 5.69 Å². The summed E-state index contributed by atoms with van der Waals surface area (Å²) < 4.78 is 7.34. The van der Waals surface area contributed by atoms with Crippen LogP contribution in [0.25, 0.3) is 0 Å². The van der Waals surface area contributed by atoms with Crippen molar-refractivity contribution < 1.29 is 14.5 Å². The van der Waals surface area contributed by atoms with Crippen molar-refractivity contribution in [2.75, 3.05) is 25.5 Å². The first-order chi connectivity index (χ1) is 17.4. The summed E-state index contributed by atoms with van der Waals surface area (Å²) in [6.07, 6.45) is 3.63. The molecule has 1 fully saturated rings. The Balaban J connectivity index is 1.52. The summed E-state index contributed by atoms with van der Waals surface area (Å²) in [6.45, 7) is 5.18. The molecule has 1 amide bonds. The number of nitrogens with zero attached hydrogens (tertiary/aromatic N) is 5. The van der Waals surface area contributed by atoms with Crippen molar-refractivity contribution in [1.29, 1.82) is 0 Å². The van der Waals surface area contributed by atoms with Gasteiger partial charge in [-0.25, -0.2) is 0 Å². The number of benzene rings is 2. The quantitative estimate of drug-likeness (QED) is 0.243. The second-order valence-electron chi connectivity index (χ2n) is 8.70. The van der Waals surface area contributed by atoms with Crippen LogP contribution in [-0.4, -0.2) is 55.9 Å². The Hall–Kier alpha value is -3.44. The normalized spacial score (nSPS) is 14.8. The van der Waals surface area contributed by atoms with Gasteiger partial charge >= 0.3 is 0 Å². The zero-order valence-corrected chi connectivity index (χ0v) is 21.2. The van der Waals surface area contributed by atoms with Crippen molar-refractivity contribution in [2.24, 2.45) is 0 Å². The number of carbonyl (C=O) groups excluding carboxylic acids is 1. The molecular weight excluding hydrogens is 480 g/mol. The molecule has 1 saturated heterocycles. The maximum atomic E-state index is 13.0. The number of ether oxygens (including phenoxy) is 1. The summed E-state index contributed by atoms with van der Waals surface area (Å²) >= 11 is 1.31. The second-order valence-corrected chi connectivity index (χ2v) is 10.0. The van der Waals surface area contributed by atoms with E-state index in [1.807, 2.05) is 18.2 Å². The maximum absolute atomic E-state index is 13.0. The van der Waals surface area contributed by atoms with E-state index in [0.717, 1.165) is 24.5 Å². The molecule has 1 aliphatic rings. The molecule has 0 radical (unpaired) electrons. The smallest absolute Gasteiger partial charge is 0.271 e. The van der Waals surface area contributed by atoms with Crippen LogP contribution in [0.15, 0.2) is 53.7 Å². The molecule has 11 heteroatoms. The van der Waals surface area contributed by atoms with Crippen LogP contribution in [0.3, 0.4) is 0 Å². The van der Waals surface area contributed by atoms with Crippen LogP contribution in [-0.2, 0) is 17.9 Å². The highest BCUT2D eigenvalue weighted by molar-refractivity contribution is 8.00. The Morgan fingerprint density at radius 3 is 2.58 bits per heavy atom. The molecule has 3 aromatic rings. The van der Waals surface area contributed by atoms with E-state index in [1.165, 1.54) is 56.3 Å². The van der Waals surface area contributed by atoms with E-state index in [2.05, 4.69) is 37.1 Å². The number of likely N-dealkylation sites (tertiary alicyclic amines) is 1. The van der Waals surface area contributed by atoms with Gasteiger partial charge in [0.15, 0.2) is 5.16 Å². The van der Waals surface area contributed by atoms with Crippen LogP contribution < -0.4 is 10.1 Å². The zero-order valence-electron chi connectivity index (χ0n) is 20.4. The van der Waals surface area contributed by atoms with Crippen LogP contribution in [0.1, 0.15) is 37.6 Å². The molecule has 4 rings (SSSR count). The topological polar surface area (TPSA) is 115 Å². The molecule has 2 heterocycles. The van der Waals surface area contributed by atoms with Crippen LogP contribution in [0, 0.1) is 10.1 Å². The van der Waals surface area contributed by atoms with Crippen molar-refractivity contribution in [3.63, 3.8) is 0 Å². The highest BCUT2D eigenvalue weighted by Crippen LogP contribution is 2.31. The van der Waals surface area contributed by atoms with Crippen LogP contribution in [0.4, 0.5) is 11.4 Å². The standard InChI is InChI=1S/C25H30N6O4S/c1-18(24(32)26-21-15-20(31(33)34)11-12-22(21)35-2)36-25-28-27-23(17-29-13-7-4-8-14-29)30(25)16-19-9-5-3-6-10-19/h3,5-6,9-12,15,18H,4,7-8,13-14,16-17H2,1-2H3,(H,26,32). The van der Waals surface area contributed by atoms with Crippen molar-refractivity contribution >= 4 is 29.0 Å². The highest BCUT2D eigenvalue weighted by Gasteiger charge is 2.23. The zero-order chi connectivity index (χ0) is 25.5. The van der Waals surface area contributed by atoms with Crippen LogP contribution in [0.2, 0.25) is 0 Å². The van der Waals surface area contributed by atoms with Gasteiger partial charge < -0.3 is 14.6 Å². The lowest BCUT2D eigenvalue weighted by Crippen LogP contribution is -2.30. The SMILES string of the molecule is COc1ccc([N+](=O)[O-])cc1NC(=O)C(C)Sc1nnc(CN2CCCCC2)n1Cc1ccccc1. The van der Waals surface area contributed by atoms with Gasteiger partial charge in [0.05, 0.1) is 36.1 Å². The number of amides is 1. The van der Waals surface area contributed by atoms with Gasteiger partial charge in [-0.05, 0) is 44.5 Å². The number of methoxy groups -OCH3 is 1. The van der Waals surface area contributed by atoms with Crippen LogP contribution >= 0.6 is 11.8 Å². The van der Waals surface area contributed by atoms with Crippen molar-refractivity contribution in [3.05, 3.63) is 70.0 Å². The first kappa shape index (κ1) is 25.6. The van der Waals surface area contributed by atoms with Gasteiger partial charge in [0, 0.05) is 12.1 Å². The molecule has 0 saturated carbocycles. The molecule has 10 nitrogen and oxygen atoms in total. The number of nitro benzene ring substituents is 1. The number of hydrogen-bond donors (Lipinski definition) is 1. The first-order valence-electron chi connectivity index (χ1n) is 11.9. The van der Waals surface area contributed by atoms with E-state index >= 15 is 0 Å². The molecule has 1 atom stereocenters. The molecule has 190 valence electrons. The fourth-order valence-corrected chi connectivity index (χ4v) is 4.99. The average Bonchev–Trinajstić information content (AvgIpc) is 3.25. The number of thioether (sulfide) groups is 1. The first-order valence-corrected chi connectivity index (χ1v) is 12.8. The number of nitro groups is 1. The molecule has 0 bridgehead atoms. The van der Waals surface area contributed by atoms with E-state index in [0.29, 0.717) is 24.0 Å². The largest absolute Gasteiger partial charge is 0.495 e. The van der Waals surface area contributed by atoms with Gasteiger partial charge in [0.1, 0.15) is 11.6 Å². The monoisotopic (exact) mass is 510 g/mol. The number of piperidine rings is 1. The predicted molar refractivity (Wildman–Crippen MR) is 138 cm³/mol. The Morgan fingerprint density at radius 2 is 1.89 bits per heavy atom. The van der Waals surface area contributed by atoms with Gasteiger partial charge in [-0.15, -0.1) is 10.2 Å². The molecule has 0 aliphatic carbocycles. The van der Waals surface area contributed by atoms with E-state index in [1.54, 1.807) is 6.92 Å². The second kappa shape index (κ2) is 12.0. The summed E-state index contributed by atoms with van der Waals surface area (Å²) in [7, 11) is 1.45. The number of nitrogens with one attached hydrogen (secondary N) is 1. The number of non-ortho nitro benzene ring substituents is 1. The van der Waals surface area contributed by atoms with Crippen molar-refractivity contribution in [1.82, 2.24) is 19.7 Å². The summed E-state index contributed by atoms with van der Waals surface area (Å²) in [4.78, 5) is 26.1. The summed E-state index contributed by atoms with van der Waals surface area (Å²) in [6, 6.07) is 14.2. The number of aromatic nitrogens is 3. The molecule has 1 aliphatic heterocycles. The summed E-state index contributed by atoms with van der Waals surface area (Å²) in [5.41, 5.74) is 1.24. The third-order valence-electron chi connectivity index (χ3n) is 6.09. The molecule has 0 spiro atoms. The Labute approximate surface area is 214 Å². The lowest BCUT2D eigenvalue weighted by atomic mass is 10.1. The van der Waals surface area contributed by atoms with Crippen molar-refractivity contribution in [3.8, 4) is 5.75 Å². The highest BCUT2D eigenvalue weighted by atomic mass is 32.2. The van der Waals surface area contributed by atoms with Gasteiger partial charge in [-0.1, -0.05) is 48.5 Å². The molecule has 1 N–H and O–H groups in total. The Morgan fingerprint density at radius 1 is 1.14 bits per heavy atom. The third-order valence-corrected chi connectivity index (χ3v) is 7.17. The van der Waals surface area contributed by atoms with E-state index in [4.69, 9.17) is 4.74 Å². The number of hydrogen-bond acceptors (Lipinski definition) is 8. The molecule has 36 heavy (non-hydrogen) atoms. The lowest BCUT2D eigenvalue weighted by Gasteiger charge is -2.26. The predicted octanol–water partition coefficient (Wildman–Crippen LogP) is 4.35. The van der Waals surface area contributed by atoms with Gasteiger partial charge in [-0.3, -0.25) is 19.8 Å². The summed E-state index contributed by atoms with van der Waals surface area (Å²) in [5, 5.41) is 23.0. The van der Waals surface area contributed by atoms with E-state index in [9.17, 15) is 14.9 Å². The fourth-order valence-electron chi connectivity index (χ4n) is 4.12. The number of carbonyl (C=O) groups is 1. The molecule has 2 aromatic carbocycles. The van der Waals surface area contributed by atoms with Gasteiger partial charge in [-0.2, -0.15) is 0 Å². The minimum atomic E-state index is -0.532. The van der Waals surface area contributed by atoms with Gasteiger partial charge in [0.2, 0.25) is 5.91 Å². The van der Waals surface area contributed by atoms with E-state index < -0.39 is 10.2 Å². The maximum Gasteiger partial charge on any atom is 0.271 e. The number of rotatable bonds is 10. The lowest BCUT2D eigenvalue weighted by molar-refractivity contribution is -0.384.